The van der Waals surface area contributed by atoms with Crippen molar-refractivity contribution in [3.05, 3.63) is 16.2 Å². The molecule has 6 N–H and O–H groups in total. The molecule has 1 unspecified atom stereocenters. The molecule has 0 bridgehead atoms. The van der Waals surface area contributed by atoms with Crippen molar-refractivity contribution in [2.24, 2.45) is 5.73 Å². The SMILES string of the molecule is CS(=O)(=O)CCC(N)c1nc2nc(N)[nH]c(=O)c2[nH]1. The van der Waals surface area contributed by atoms with Crippen molar-refractivity contribution >= 4 is 26.9 Å². The fourth-order valence-electron chi connectivity index (χ4n) is 1.60. The predicted molar refractivity (Wildman–Crippen MR) is 70.2 cm³/mol. The fourth-order valence-corrected chi connectivity index (χ4v) is 2.28. The number of H-pyrrole nitrogens is 2. The van der Waals surface area contributed by atoms with Crippen LogP contribution in [-0.2, 0) is 9.84 Å². The minimum Gasteiger partial charge on any atom is -0.369 e. The fraction of sp³-hybridized carbons (Fsp3) is 0.444. The molecular formula is C9H14N6O3S. The lowest BCUT2D eigenvalue weighted by Gasteiger charge is -2.06. The highest BCUT2D eigenvalue weighted by atomic mass is 32.2. The molecule has 0 aliphatic heterocycles. The van der Waals surface area contributed by atoms with Crippen LogP contribution in [0.5, 0.6) is 0 Å². The first-order chi connectivity index (χ1) is 8.76. The minimum absolute atomic E-state index is 0.0414. The smallest absolute Gasteiger partial charge is 0.278 e. The first-order valence-electron chi connectivity index (χ1n) is 5.45. The van der Waals surface area contributed by atoms with Crippen LogP contribution in [0.4, 0.5) is 5.95 Å². The molecule has 2 heterocycles. The normalized spacial score (nSPS) is 13.8. The zero-order valence-corrected chi connectivity index (χ0v) is 11.0. The molecule has 0 spiro atoms. The standard InChI is InChI=1S/C9H14N6O3S/c1-19(17,18)3-2-4(10)6-12-5-7(13-6)14-9(11)15-8(5)16/h4H,2-3,10H2,1H3,(H4,11,12,13,14,15,16). The number of hydrogen-bond acceptors (Lipinski definition) is 7. The summed E-state index contributed by atoms with van der Waals surface area (Å²) in [6, 6.07) is -0.621. The molecule has 2 rings (SSSR count). The third-order valence-electron chi connectivity index (χ3n) is 2.55. The van der Waals surface area contributed by atoms with Crippen LogP contribution in [0.25, 0.3) is 11.2 Å². The van der Waals surface area contributed by atoms with Gasteiger partial charge >= 0.3 is 0 Å². The topological polar surface area (TPSA) is 161 Å². The second kappa shape index (κ2) is 4.63. The number of fused-ring (bicyclic) bond motifs is 1. The number of imidazole rings is 1. The third kappa shape index (κ3) is 3.09. The van der Waals surface area contributed by atoms with Crippen molar-refractivity contribution in [2.75, 3.05) is 17.7 Å². The molecule has 0 aromatic carbocycles. The van der Waals surface area contributed by atoms with E-state index in [1.165, 1.54) is 0 Å². The molecule has 2 aromatic rings. The number of nitrogens with one attached hydrogen (secondary N) is 2. The van der Waals surface area contributed by atoms with E-state index in [4.69, 9.17) is 11.5 Å². The van der Waals surface area contributed by atoms with E-state index >= 15 is 0 Å². The van der Waals surface area contributed by atoms with Crippen LogP contribution in [0.3, 0.4) is 0 Å². The van der Waals surface area contributed by atoms with E-state index in [1.807, 2.05) is 0 Å². The average molecular weight is 286 g/mol. The maximum Gasteiger partial charge on any atom is 0.278 e. The molecule has 0 aliphatic rings. The Morgan fingerprint density at radius 2 is 2.00 bits per heavy atom. The van der Waals surface area contributed by atoms with Gasteiger partial charge in [-0.25, -0.2) is 13.4 Å². The Balaban J connectivity index is 2.31. The van der Waals surface area contributed by atoms with Crippen molar-refractivity contribution < 1.29 is 8.42 Å². The van der Waals surface area contributed by atoms with Gasteiger partial charge in [-0.2, -0.15) is 4.98 Å². The Labute approximate surface area is 108 Å². The molecule has 10 heteroatoms. The molecule has 0 amide bonds. The van der Waals surface area contributed by atoms with Gasteiger partial charge in [0.25, 0.3) is 5.56 Å². The summed E-state index contributed by atoms with van der Waals surface area (Å²) in [5.74, 6) is 0.208. The highest BCUT2D eigenvalue weighted by Crippen LogP contribution is 2.14. The summed E-state index contributed by atoms with van der Waals surface area (Å²) in [6.45, 7) is 0. The van der Waals surface area contributed by atoms with Gasteiger partial charge in [-0.1, -0.05) is 0 Å². The molecule has 0 fully saturated rings. The highest BCUT2D eigenvalue weighted by Gasteiger charge is 2.16. The van der Waals surface area contributed by atoms with Gasteiger partial charge in [0.1, 0.15) is 15.7 Å². The third-order valence-corrected chi connectivity index (χ3v) is 3.53. The monoisotopic (exact) mass is 286 g/mol. The summed E-state index contributed by atoms with van der Waals surface area (Å²) in [6.07, 6.45) is 1.33. The van der Waals surface area contributed by atoms with Crippen molar-refractivity contribution in [1.29, 1.82) is 0 Å². The van der Waals surface area contributed by atoms with Crippen LogP contribution in [0, 0.1) is 0 Å². The van der Waals surface area contributed by atoms with Gasteiger partial charge < -0.3 is 16.5 Å². The van der Waals surface area contributed by atoms with Crippen LogP contribution >= 0.6 is 0 Å². The number of anilines is 1. The zero-order chi connectivity index (χ0) is 14.2. The number of aromatic nitrogens is 4. The maximum atomic E-state index is 11.6. The first kappa shape index (κ1) is 13.5. The van der Waals surface area contributed by atoms with Gasteiger partial charge in [0.2, 0.25) is 5.95 Å². The second-order valence-corrected chi connectivity index (χ2v) is 6.56. The number of nitrogens with two attached hydrogens (primary N) is 2. The van der Waals surface area contributed by atoms with Crippen molar-refractivity contribution in [3.8, 4) is 0 Å². The summed E-state index contributed by atoms with van der Waals surface area (Å²) < 4.78 is 22.1. The number of aromatic amines is 2. The maximum absolute atomic E-state index is 11.6. The van der Waals surface area contributed by atoms with Gasteiger partial charge in [0.15, 0.2) is 11.2 Å². The van der Waals surface area contributed by atoms with E-state index in [9.17, 15) is 13.2 Å². The molecular weight excluding hydrogens is 272 g/mol. The van der Waals surface area contributed by atoms with E-state index in [2.05, 4.69) is 19.9 Å². The van der Waals surface area contributed by atoms with E-state index in [0.717, 1.165) is 6.26 Å². The summed E-state index contributed by atoms with van der Waals surface area (Å²) in [4.78, 5) is 24.5. The number of nitrogens with zero attached hydrogens (tertiary/aromatic N) is 2. The van der Waals surface area contributed by atoms with E-state index in [1.54, 1.807) is 0 Å². The molecule has 1 atom stereocenters. The molecule has 19 heavy (non-hydrogen) atoms. The first-order valence-corrected chi connectivity index (χ1v) is 7.51. The number of nitrogen functional groups attached to an aromatic ring is 1. The van der Waals surface area contributed by atoms with Crippen molar-refractivity contribution in [1.82, 2.24) is 19.9 Å². The summed E-state index contributed by atoms with van der Waals surface area (Å²) in [5, 5.41) is 0. The van der Waals surface area contributed by atoms with Gasteiger partial charge in [-0.05, 0) is 6.42 Å². The number of hydrogen-bond donors (Lipinski definition) is 4. The van der Waals surface area contributed by atoms with Crippen LogP contribution < -0.4 is 17.0 Å². The Bertz CT molecular complexity index is 762. The largest absolute Gasteiger partial charge is 0.369 e. The van der Waals surface area contributed by atoms with E-state index in [-0.39, 0.29) is 29.3 Å². The van der Waals surface area contributed by atoms with Gasteiger partial charge in [-0.3, -0.25) is 9.78 Å². The van der Waals surface area contributed by atoms with E-state index < -0.39 is 21.4 Å². The van der Waals surface area contributed by atoms with Crippen LogP contribution in [0.1, 0.15) is 18.3 Å². The lowest BCUT2D eigenvalue weighted by Crippen LogP contribution is -2.17. The average Bonchev–Trinajstić information content (AvgIpc) is 2.68. The molecule has 104 valence electrons. The number of sulfone groups is 1. The van der Waals surface area contributed by atoms with Crippen molar-refractivity contribution in [3.63, 3.8) is 0 Å². The van der Waals surface area contributed by atoms with Crippen LogP contribution in [0.2, 0.25) is 0 Å². The summed E-state index contributed by atoms with van der Waals surface area (Å²) in [7, 11) is -3.10. The Morgan fingerprint density at radius 1 is 1.32 bits per heavy atom. The van der Waals surface area contributed by atoms with Crippen molar-refractivity contribution in [2.45, 2.75) is 12.5 Å². The van der Waals surface area contributed by atoms with Gasteiger partial charge in [0.05, 0.1) is 11.8 Å². The molecule has 0 saturated carbocycles. The summed E-state index contributed by atoms with van der Waals surface area (Å²) >= 11 is 0. The predicted octanol–water partition coefficient (Wildman–Crippen LogP) is -1.34. The van der Waals surface area contributed by atoms with Gasteiger partial charge in [0, 0.05) is 6.26 Å². The Morgan fingerprint density at radius 3 is 2.63 bits per heavy atom. The Hall–Kier alpha value is -1.94. The lowest BCUT2D eigenvalue weighted by molar-refractivity contribution is 0.588. The Kier molecular flexibility index (Phi) is 3.28. The lowest BCUT2D eigenvalue weighted by atomic mass is 10.2. The number of rotatable bonds is 4. The van der Waals surface area contributed by atoms with Crippen LogP contribution in [0.15, 0.2) is 4.79 Å². The van der Waals surface area contributed by atoms with Gasteiger partial charge in [-0.15, -0.1) is 0 Å². The molecule has 0 saturated heterocycles. The molecule has 2 aromatic heterocycles. The minimum atomic E-state index is -3.10. The highest BCUT2D eigenvalue weighted by molar-refractivity contribution is 7.90. The second-order valence-electron chi connectivity index (χ2n) is 4.30. The zero-order valence-electron chi connectivity index (χ0n) is 10.2. The summed E-state index contributed by atoms with van der Waals surface area (Å²) in [5.41, 5.74) is 11.1. The van der Waals surface area contributed by atoms with Crippen LogP contribution in [-0.4, -0.2) is 40.4 Å². The molecule has 0 radical (unpaired) electrons. The quantitative estimate of drug-likeness (QED) is 0.541. The molecule has 9 nitrogen and oxygen atoms in total. The molecule has 0 aliphatic carbocycles. The van der Waals surface area contributed by atoms with E-state index in [0.29, 0.717) is 5.82 Å².